The summed E-state index contributed by atoms with van der Waals surface area (Å²) in [5.74, 6) is -0.404. The maximum absolute atomic E-state index is 13.5. The fourth-order valence-electron chi connectivity index (χ4n) is 4.48. The van der Waals surface area contributed by atoms with Gasteiger partial charge in [-0.05, 0) is 64.2 Å². The zero-order valence-corrected chi connectivity index (χ0v) is 22.0. The Labute approximate surface area is 224 Å². The molecule has 1 aliphatic rings. The van der Waals surface area contributed by atoms with Crippen LogP contribution in [-0.2, 0) is 23.9 Å². The minimum Gasteiger partial charge on any atom is -0.313 e. The number of hydrogen-bond donors (Lipinski definition) is 2. The molecule has 1 aromatic heterocycles. The molecule has 1 aliphatic heterocycles. The highest BCUT2D eigenvalue weighted by molar-refractivity contribution is 6.00. The Bertz CT molecular complexity index is 1250. The van der Waals surface area contributed by atoms with Crippen LogP contribution in [0.15, 0.2) is 36.7 Å². The fourth-order valence-corrected chi connectivity index (χ4v) is 4.48. The molecule has 0 radical (unpaired) electrons. The molecule has 0 spiro atoms. The Morgan fingerprint density at radius 1 is 1.18 bits per heavy atom. The molecular weight excluding hydrogens is 515 g/mol. The summed E-state index contributed by atoms with van der Waals surface area (Å²) in [6.07, 6.45) is 1.68. The van der Waals surface area contributed by atoms with Gasteiger partial charge in [0.15, 0.2) is 0 Å². The molecule has 1 aromatic carbocycles. The quantitative estimate of drug-likeness (QED) is 0.223. The van der Waals surface area contributed by atoms with E-state index in [1.165, 1.54) is 11.0 Å². The van der Waals surface area contributed by atoms with E-state index in [9.17, 15) is 22.8 Å². The first kappa shape index (κ1) is 29.6. The second-order valence-corrected chi connectivity index (χ2v) is 9.89. The van der Waals surface area contributed by atoms with Crippen molar-refractivity contribution in [2.45, 2.75) is 77.1 Å². The van der Waals surface area contributed by atoms with Crippen LogP contribution in [0.2, 0.25) is 0 Å². The van der Waals surface area contributed by atoms with Crippen LogP contribution >= 0.6 is 0 Å². The number of alkyl halides is 3. The van der Waals surface area contributed by atoms with E-state index in [4.69, 9.17) is 10.5 Å². The number of anilines is 1. The van der Waals surface area contributed by atoms with Crippen LogP contribution in [0.5, 0.6) is 0 Å². The summed E-state index contributed by atoms with van der Waals surface area (Å²) < 4.78 is 42.2. The average Bonchev–Trinajstić information content (AvgIpc) is 3.40. The van der Waals surface area contributed by atoms with E-state index in [-0.39, 0.29) is 12.1 Å². The Morgan fingerprint density at radius 2 is 1.90 bits per heavy atom. The Kier molecular flexibility index (Phi) is 9.34. The van der Waals surface area contributed by atoms with Gasteiger partial charge < -0.3 is 4.90 Å². The monoisotopic (exact) mass is 547 g/mol. The van der Waals surface area contributed by atoms with Gasteiger partial charge in [0.25, 0.3) is 0 Å². The number of unbranched alkanes of at least 4 members (excludes halogenated alkanes) is 3. The number of nitrogens with zero attached hydrogens (tertiary/aromatic N) is 6. The smallest absolute Gasteiger partial charge is 0.313 e. The zero-order valence-electron chi connectivity index (χ0n) is 22.0. The third kappa shape index (κ3) is 6.94. The minimum absolute atomic E-state index is 0.0141. The average molecular weight is 548 g/mol. The number of rotatable bonds is 12. The number of nitrogens with one attached hydrogen (secondary N) is 1. The molecule has 10 nitrogen and oxygen atoms in total. The summed E-state index contributed by atoms with van der Waals surface area (Å²) >= 11 is 0. The molecule has 2 N–H and O–H groups in total. The Morgan fingerprint density at radius 3 is 2.56 bits per heavy atom. The maximum Gasteiger partial charge on any atom is 0.417 e. The number of amides is 3. The lowest BCUT2D eigenvalue weighted by Gasteiger charge is -2.30. The Hall–Kier alpha value is -3.92. The van der Waals surface area contributed by atoms with Crippen molar-refractivity contribution in [1.82, 2.24) is 25.4 Å². The van der Waals surface area contributed by atoms with Crippen molar-refractivity contribution < 1.29 is 28.0 Å². The first-order valence-electron chi connectivity index (χ1n) is 12.6. The number of carbonyl (C=O) groups excluding carboxylic acids is 2. The standard InChI is InChI=1S/C26H32F3N7O3/c1-18-25(2,3)35(24(38)36(18)21-12-11-19(16-30)22(15-21)26(27,28)29)14-8-6-9-20-17-34(33-31-20)13-7-4-5-10-23(37)32-39/h11-12,15,17,39H,1,4-10,13-14H2,2-3H3,(H,32,37). The van der Waals surface area contributed by atoms with Crippen LogP contribution in [0, 0.1) is 11.3 Å². The lowest BCUT2D eigenvalue weighted by atomic mass is 10.00. The molecule has 0 bridgehead atoms. The summed E-state index contributed by atoms with van der Waals surface area (Å²) in [4.78, 5) is 27.1. The van der Waals surface area contributed by atoms with E-state index in [0.29, 0.717) is 38.0 Å². The van der Waals surface area contributed by atoms with Crippen LogP contribution in [0.3, 0.4) is 0 Å². The molecule has 2 aromatic rings. The zero-order chi connectivity index (χ0) is 28.8. The van der Waals surface area contributed by atoms with Gasteiger partial charge >= 0.3 is 12.2 Å². The number of hydrogen-bond acceptors (Lipinski definition) is 6. The van der Waals surface area contributed by atoms with Gasteiger partial charge in [0, 0.05) is 31.4 Å². The van der Waals surface area contributed by atoms with Crippen LogP contribution in [0.4, 0.5) is 23.7 Å². The van der Waals surface area contributed by atoms with Gasteiger partial charge in [-0.2, -0.15) is 18.4 Å². The van der Waals surface area contributed by atoms with Gasteiger partial charge in [0.05, 0.1) is 34.1 Å². The van der Waals surface area contributed by atoms with E-state index in [1.807, 2.05) is 6.20 Å². The third-order valence-electron chi connectivity index (χ3n) is 6.83. The molecule has 1 saturated heterocycles. The van der Waals surface area contributed by atoms with Crippen molar-refractivity contribution in [2.75, 3.05) is 11.4 Å². The van der Waals surface area contributed by atoms with Crippen molar-refractivity contribution >= 4 is 17.6 Å². The highest BCUT2D eigenvalue weighted by atomic mass is 19.4. The predicted octanol–water partition coefficient (Wildman–Crippen LogP) is 4.79. The summed E-state index contributed by atoms with van der Waals surface area (Å²) in [7, 11) is 0. The minimum atomic E-state index is -4.74. The first-order valence-corrected chi connectivity index (χ1v) is 12.6. The van der Waals surface area contributed by atoms with Crippen molar-refractivity contribution in [3.8, 4) is 6.07 Å². The fraction of sp³-hybridized carbons (Fsp3) is 0.500. The number of carbonyl (C=O) groups is 2. The second-order valence-electron chi connectivity index (χ2n) is 9.89. The topological polar surface area (TPSA) is 127 Å². The summed E-state index contributed by atoms with van der Waals surface area (Å²) in [6.45, 7) is 8.62. The largest absolute Gasteiger partial charge is 0.417 e. The number of aromatic nitrogens is 3. The highest BCUT2D eigenvalue weighted by Crippen LogP contribution is 2.41. The molecule has 3 rings (SSSR count). The van der Waals surface area contributed by atoms with Gasteiger partial charge in [0.1, 0.15) is 0 Å². The Balaban J connectivity index is 1.54. The van der Waals surface area contributed by atoms with E-state index >= 15 is 0 Å². The SMILES string of the molecule is C=C1N(c2ccc(C#N)c(C(F)(F)F)c2)C(=O)N(CCCCc2cn(CCCCCC(=O)NO)nn2)C1(C)C. The number of benzene rings is 1. The molecule has 0 saturated carbocycles. The summed E-state index contributed by atoms with van der Waals surface area (Å²) in [5.41, 5.74) is 0.361. The molecule has 210 valence electrons. The summed E-state index contributed by atoms with van der Waals surface area (Å²) in [6, 6.07) is 4.29. The van der Waals surface area contributed by atoms with Gasteiger partial charge in [-0.25, -0.2) is 10.3 Å². The van der Waals surface area contributed by atoms with Crippen LogP contribution in [0.25, 0.3) is 0 Å². The predicted molar refractivity (Wildman–Crippen MR) is 135 cm³/mol. The molecular formula is C26H32F3N7O3. The molecule has 0 unspecified atom stereocenters. The lowest BCUT2D eigenvalue weighted by molar-refractivity contribution is -0.137. The molecule has 0 atom stereocenters. The lowest BCUT2D eigenvalue weighted by Crippen LogP contribution is -2.42. The van der Waals surface area contributed by atoms with Crippen molar-refractivity contribution in [2.24, 2.45) is 0 Å². The van der Waals surface area contributed by atoms with Crippen molar-refractivity contribution in [1.29, 1.82) is 5.26 Å². The number of aryl methyl sites for hydroxylation is 2. The van der Waals surface area contributed by atoms with Crippen LogP contribution < -0.4 is 10.4 Å². The molecule has 39 heavy (non-hydrogen) atoms. The van der Waals surface area contributed by atoms with E-state index in [1.54, 1.807) is 35.0 Å². The van der Waals surface area contributed by atoms with Gasteiger partial charge in [-0.1, -0.05) is 18.2 Å². The third-order valence-corrected chi connectivity index (χ3v) is 6.83. The molecule has 2 heterocycles. The molecule has 1 fully saturated rings. The van der Waals surface area contributed by atoms with E-state index in [2.05, 4.69) is 16.9 Å². The first-order chi connectivity index (χ1) is 18.4. The molecule has 0 aliphatic carbocycles. The number of halogens is 3. The van der Waals surface area contributed by atoms with Gasteiger partial charge in [-0.15, -0.1) is 5.10 Å². The molecule has 3 amide bonds. The maximum atomic E-state index is 13.5. The summed E-state index contributed by atoms with van der Waals surface area (Å²) in [5, 5.41) is 25.8. The van der Waals surface area contributed by atoms with E-state index < -0.39 is 34.8 Å². The van der Waals surface area contributed by atoms with Crippen LogP contribution in [-0.4, -0.2) is 49.1 Å². The van der Waals surface area contributed by atoms with Gasteiger partial charge in [0.2, 0.25) is 5.91 Å². The second kappa shape index (κ2) is 12.3. The number of hydroxylamine groups is 1. The van der Waals surface area contributed by atoms with Crippen molar-refractivity contribution in [3.63, 3.8) is 0 Å². The van der Waals surface area contributed by atoms with Gasteiger partial charge in [-0.3, -0.25) is 19.6 Å². The molecule has 13 heteroatoms. The normalized spacial score (nSPS) is 15.1. The van der Waals surface area contributed by atoms with Crippen LogP contribution in [0.1, 0.15) is 69.2 Å². The number of urea groups is 1. The highest BCUT2D eigenvalue weighted by Gasteiger charge is 2.47. The number of nitriles is 1. The van der Waals surface area contributed by atoms with Crippen molar-refractivity contribution in [3.05, 3.63) is 53.5 Å². The van der Waals surface area contributed by atoms with E-state index in [0.717, 1.165) is 37.1 Å².